The maximum Gasteiger partial charge on any atom is 0.124 e. The number of aromatic nitrogens is 3. The fraction of sp³-hybridized carbons (Fsp3) is 0.286. The van der Waals surface area contributed by atoms with Crippen LogP contribution in [-0.4, -0.2) is 14.5 Å². The van der Waals surface area contributed by atoms with Gasteiger partial charge in [0.15, 0.2) is 0 Å². The van der Waals surface area contributed by atoms with Gasteiger partial charge in [-0.25, -0.2) is 9.97 Å². The molecule has 0 aliphatic carbocycles. The Morgan fingerprint density at radius 2 is 2.25 bits per heavy atom. The number of imidazole rings is 1. The number of benzene rings is 1. The van der Waals surface area contributed by atoms with Gasteiger partial charge in [-0.15, -0.1) is 22.9 Å². The molecule has 104 valence electrons. The van der Waals surface area contributed by atoms with Crippen molar-refractivity contribution >= 4 is 45.6 Å². The summed E-state index contributed by atoms with van der Waals surface area (Å²) in [5.41, 5.74) is 1.95. The minimum absolute atomic E-state index is 0.324. The molecule has 0 bridgehead atoms. The fourth-order valence-corrected chi connectivity index (χ4v) is 3.35. The third kappa shape index (κ3) is 2.55. The molecule has 0 amide bonds. The molecule has 0 fully saturated rings. The number of rotatable bonds is 4. The Morgan fingerprint density at radius 1 is 1.40 bits per heavy atom. The highest BCUT2D eigenvalue weighted by Gasteiger charge is 2.15. The predicted molar refractivity (Wildman–Crippen MR) is 84.8 cm³/mol. The topological polar surface area (TPSA) is 30.7 Å². The Hall–Kier alpha value is -1.10. The molecule has 1 atom stereocenters. The van der Waals surface area contributed by atoms with Gasteiger partial charge in [-0.2, -0.15) is 0 Å². The van der Waals surface area contributed by atoms with E-state index >= 15 is 0 Å². The average molecular weight is 326 g/mol. The third-order valence-electron chi connectivity index (χ3n) is 3.24. The molecule has 2 aromatic heterocycles. The lowest BCUT2D eigenvalue weighted by atomic mass is 10.2. The maximum atomic E-state index is 6.02. The Labute approximate surface area is 131 Å². The van der Waals surface area contributed by atoms with Crippen LogP contribution in [0.1, 0.15) is 23.7 Å². The molecule has 0 saturated heterocycles. The number of halogens is 2. The lowest BCUT2D eigenvalue weighted by Crippen LogP contribution is -2.08. The van der Waals surface area contributed by atoms with E-state index in [9.17, 15) is 0 Å². The number of thiazole rings is 1. The van der Waals surface area contributed by atoms with Gasteiger partial charge in [0.05, 0.1) is 21.9 Å². The van der Waals surface area contributed by atoms with Crippen LogP contribution in [0, 0.1) is 0 Å². The minimum Gasteiger partial charge on any atom is -0.326 e. The van der Waals surface area contributed by atoms with Gasteiger partial charge >= 0.3 is 0 Å². The first-order chi connectivity index (χ1) is 9.69. The Bertz CT molecular complexity index is 721. The normalized spacial score (nSPS) is 12.9. The van der Waals surface area contributed by atoms with Crippen LogP contribution in [0.5, 0.6) is 0 Å². The lowest BCUT2D eigenvalue weighted by molar-refractivity contribution is 0.592. The van der Waals surface area contributed by atoms with E-state index in [0.717, 1.165) is 28.4 Å². The zero-order valence-corrected chi connectivity index (χ0v) is 13.2. The summed E-state index contributed by atoms with van der Waals surface area (Å²) in [7, 11) is 0. The molecule has 3 nitrogen and oxygen atoms in total. The minimum atomic E-state index is 0.324. The van der Waals surface area contributed by atoms with Gasteiger partial charge in [-0.05, 0) is 18.2 Å². The zero-order chi connectivity index (χ0) is 14.1. The first-order valence-electron chi connectivity index (χ1n) is 6.29. The highest BCUT2D eigenvalue weighted by atomic mass is 35.5. The molecular weight excluding hydrogens is 313 g/mol. The van der Waals surface area contributed by atoms with Crippen LogP contribution in [0.2, 0.25) is 5.02 Å². The second-order valence-electron chi connectivity index (χ2n) is 4.68. The van der Waals surface area contributed by atoms with Gasteiger partial charge < -0.3 is 4.57 Å². The molecule has 20 heavy (non-hydrogen) atoms. The van der Waals surface area contributed by atoms with Crippen LogP contribution < -0.4 is 0 Å². The molecule has 6 heteroatoms. The first-order valence-corrected chi connectivity index (χ1v) is 8.08. The van der Waals surface area contributed by atoms with Crippen LogP contribution in [0.3, 0.4) is 0 Å². The summed E-state index contributed by atoms with van der Waals surface area (Å²) >= 11 is 13.7. The van der Waals surface area contributed by atoms with Gasteiger partial charge in [0.25, 0.3) is 0 Å². The number of alkyl halides is 1. The van der Waals surface area contributed by atoms with E-state index in [-0.39, 0.29) is 0 Å². The monoisotopic (exact) mass is 325 g/mol. The van der Waals surface area contributed by atoms with Gasteiger partial charge in [-0.3, -0.25) is 0 Å². The first kappa shape index (κ1) is 13.9. The Morgan fingerprint density at radius 3 is 2.95 bits per heavy atom. The van der Waals surface area contributed by atoms with Crippen molar-refractivity contribution < 1.29 is 0 Å². The summed E-state index contributed by atoms with van der Waals surface area (Å²) in [5.74, 6) is 1.58. The van der Waals surface area contributed by atoms with Crippen molar-refractivity contribution in [3.63, 3.8) is 0 Å². The van der Waals surface area contributed by atoms with E-state index in [4.69, 9.17) is 23.2 Å². The van der Waals surface area contributed by atoms with Crippen LogP contribution in [0.4, 0.5) is 0 Å². The molecule has 1 unspecified atom stereocenters. The molecule has 3 rings (SSSR count). The fourth-order valence-electron chi connectivity index (χ4n) is 2.29. The van der Waals surface area contributed by atoms with E-state index in [0.29, 0.717) is 16.8 Å². The zero-order valence-electron chi connectivity index (χ0n) is 10.9. The standard InChI is InChI=1S/C14H13Cl2N3S/c1-9(14-17-4-5-20-14)8-19-12-3-2-10(16)6-11(12)18-13(19)7-15/h2-6,9H,7-8H2,1H3. The summed E-state index contributed by atoms with van der Waals surface area (Å²) < 4.78 is 2.16. The van der Waals surface area contributed by atoms with Crippen molar-refractivity contribution in [1.29, 1.82) is 0 Å². The quantitative estimate of drug-likeness (QED) is 0.651. The van der Waals surface area contributed by atoms with Crippen molar-refractivity contribution in [2.75, 3.05) is 0 Å². The molecular formula is C14H13Cl2N3S. The maximum absolute atomic E-state index is 6.02. The van der Waals surface area contributed by atoms with Gasteiger partial charge in [0.1, 0.15) is 5.82 Å². The van der Waals surface area contributed by atoms with Crippen LogP contribution in [0.15, 0.2) is 29.8 Å². The van der Waals surface area contributed by atoms with Crippen molar-refractivity contribution in [1.82, 2.24) is 14.5 Å². The molecule has 3 aromatic rings. The van der Waals surface area contributed by atoms with Crippen LogP contribution in [0.25, 0.3) is 11.0 Å². The average Bonchev–Trinajstić information content (AvgIpc) is 3.06. The Balaban J connectivity index is 2.01. The summed E-state index contributed by atoms with van der Waals surface area (Å²) in [6.45, 7) is 2.98. The highest BCUT2D eigenvalue weighted by molar-refractivity contribution is 7.09. The van der Waals surface area contributed by atoms with E-state index in [1.165, 1.54) is 0 Å². The summed E-state index contributed by atoms with van der Waals surface area (Å²) in [6, 6.07) is 5.75. The molecule has 0 N–H and O–H groups in total. The molecule has 0 aliphatic heterocycles. The van der Waals surface area contributed by atoms with Gasteiger partial charge in [0.2, 0.25) is 0 Å². The van der Waals surface area contributed by atoms with E-state index in [1.54, 1.807) is 11.3 Å². The van der Waals surface area contributed by atoms with Gasteiger partial charge in [0, 0.05) is 29.1 Å². The van der Waals surface area contributed by atoms with Crippen molar-refractivity contribution in [2.45, 2.75) is 25.3 Å². The number of nitrogens with zero attached hydrogens (tertiary/aromatic N) is 3. The molecule has 0 radical (unpaired) electrons. The van der Waals surface area contributed by atoms with Crippen LogP contribution in [-0.2, 0) is 12.4 Å². The van der Waals surface area contributed by atoms with E-state index < -0.39 is 0 Å². The highest BCUT2D eigenvalue weighted by Crippen LogP contribution is 2.26. The summed E-state index contributed by atoms with van der Waals surface area (Å²) in [6.07, 6.45) is 1.84. The van der Waals surface area contributed by atoms with Crippen LogP contribution >= 0.6 is 34.5 Å². The van der Waals surface area contributed by atoms with E-state index in [2.05, 4.69) is 21.5 Å². The van der Waals surface area contributed by atoms with E-state index in [1.807, 2.05) is 29.8 Å². The molecule has 2 heterocycles. The summed E-state index contributed by atoms with van der Waals surface area (Å²) in [4.78, 5) is 8.93. The number of hydrogen-bond acceptors (Lipinski definition) is 3. The molecule has 0 aliphatic rings. The lowest BCUT2D eigenvalue weighted by Gasteiger charge is -2.12. The largest absolute Gasteiger partial charge is 0.326 e. The van der Waals surface area contributed by atoms with Gasteiger partial charge in [-0.1, -0.05) is 18.5 Å². The third-order valence-corrected chi connectivity index (χ3v) is 4.72. The smallest absolute Gasteiger partial charge is 0.124 e. The summed E-state index contributed by atoms with van der Waals surface area (Å²) in [5, 5.41) is 3.82. The second-order valence-corrected chi connectivity index (χ2v) is 6.31. The van der Waals surface area contributed by atoms with Crippen molar-refractivity contribution in [2.24, 2.45) is 0 Å². The SMILES string of the molecule is CC(Cn1c(CCl)nc2cc(Cl)ccc21)c1nccs1. The molecule has 1 aromatic carbocycles. The molecule has 0 spiro atoms. The predicted octanol–water partition coefficient (Wildman–Crippen LogP) is 4.69. The number of hydrogen-bond donors (Lipinski definition) is 0. The van der Waals surface area contributed by atoms with Crippen molar-refractivity contribution in [3.8, 4) is 0 Å². The number of fused-ring (bicyclic) bond motifs is 1. The Kier molecular flexibility index (Phi) is 3.96. The second kappa shape index (κ2) is 5.72. The van der Waals surface area contributed by atoms with Crippen molar-refractivity contribution in [3.05, 3.63) is 45.6 Å². The molecule has 0 saturated carbocycles.